The second-order valence-corrected chi connectivity index (χ2v) is 8.22. The van der Waals surface area contributed by atoms with Gasteiger partial charge in [-0.1, -0.05) is 67.8 Å². The molecule has 0 spiro atoms. The quantitative estimate of drug-likeness (QED) is 0.562. The second kappa shape index (κ2) is 10.2. The van der Waals surface area contributed by atoms with Gasteiger partial charge in [0.1, 0.15) is 0 Å². The van der Waals surface area contributed by atoms with Gasteiger partial charge in [0.2, 0.25) is 5.91 Å². The van der Waals surface area contributed by atoms with Crippen molar-refractivity contribution in [3.8, 4) is 0 Å². The molecule has 2 aromatic carbocycles. The van der Waals surface area contributed by atoms with Crippen LogP contribution in [0, 0.1) is 5.92 Å². The summed E-state index contributed by atoms with van der Waals surface area (Å²) in [4.78, 5) is 38.1. The molecule has 2 amide bonds. The van der Waals surface area contributed by atoms with E-state index >= 15 is 0 Å². The Morgan fingerprint density at radius 3 is 2.28 bits per heavy atom. The molecule has 7 nitrogen and oxygen atoms in total. The van der Waals surface area contributed by atoms with E-state index in [2.05, 4.69) is 15.7 Å². The van der Waals surface area contributed by atoms with Gasteiger partial charge in [0.25, 0.3) is 11.5 Å². The second-order valence-electron chi connectivity index (χ2n) is 8.22. The first-order valence-corrected chi connectivity index (χ1v) is 11.2. The molecular formula is C25H28N4O3. The predicted molar refractivity (Wildman–Crippen MR) is 123 cm³/mol. The zero-order valence-corrected chi connectivity index (χ0v) is 18.0. The van der Waals surface area contributed by atoms with Crippen LogP contribution in [0.5, 0.6) is 0 Å². The monoisotopic (exact) mass is 432 g/mol. The van der Waals surface area contributed by atoms with Crippen molar-refractivity contribution in [2.24, 2.45) is 5.92 Å². The molecule has 1 aliphatic rings. The third kappa shape index (κ3) is 5.04. The standard InChI is InChI=1S/C25H28N4O3/c30-23(19-11-5-2-6-12-19)26-15-16-27-24(31)22-20-13-7-8-14-21(20)25(32)29(28-22)17-18-9-3-1-4-10-18/h1,3-4,7-10,13-14,19H,2,5-6,11-12,15-17H2,(H,26,30)(H,27,31). The maximum atomic E-state index is 12.9. The van der Waals surface area contributed by atoms with Crippen molar-refractivity contribution in [3.63, 3.8) is 0 Å². The summed E-state index contributed by atoms with van der Waals surface area (Å²) in [5.41, 5.74) is 0.893. The topological polar surface area (TPSA) is 93.1 Å². The molecule has 7 heteroatoms. The SMILES string of the molecule is O=C(NCCNC(=O)C1CCCCC1)c1nn(Cc2ccccc2)c(=O)c2ccccc12. The van der Waals surface area contributed by atoms with E-state index in [1.807, 2.05) is 30.3 Å². The van der Waals surface area contributed by atoms with Gasteiger partial charge in [0.05, 0.1) is 11.9 Å². The highest BCUT2D eigenvalue weighted by Crippen LogP contribution is 2.23. The van der Waals surface area contributed by atoms with E-state index in [0.717, 1.165) is 31.2 Å². The zero-order chi connectivity index (χ0) is 22.3. The van der Waals surface area contributed by atoms with Crippen LogP contribution >= 0.6 is 0 Å². The van der Waals surface area contributed by atoms with Crippen molar-refractivity contribution < 1.29 is 9.59 Å². The van der Waals surface area contributed by atoms with Crippen molar-refractivity contribution in [3.05, 3.63) is 76.2 Å². The minimum atomic E-state index is -0.366. The highest BCUT2D eigenvalue weighted by Gasteiger charge is 2.21. The molecule has 2 N–H and O–H groups in total. The van der Waals surface area contributed by atoms with Crippen LogP contribution in [0.2, 0.25) is 0 Å². The first-order chi connectivity index (χ1) is 15.6. The minimum Gasteiger partial charge on any atom is -0.354 e. The van der Waals surface area contributed by atoms with Gasteiger partial charge in [0.15, 0.2) is 5.69 Å². The lowest BCUT2D eigenvalue weighted by atomic mass is 9.89. The molecule has 1 aliphatic carbocycles. The maximum Gasteiger partial charge on any atom is 0.274 e. The van der Waals surface area contributed by atoms with Gasteiger partial charge in [-0.3, -0.25) is 14.4 Å². The Morgan fingerprint density at radius 2 is 1.53 bits per heavy atom. The summed E-state index contributed by atoms with van der Waals surface area (Å²) in [6, 6.07) is 16.5. The Balaban J connectivity index is 1.46. The molecule has 1 fully saturated rings. The van der Waals surface area contributed by atoms with Crippen LogP contribution < -0.4 is 16.2 Å². The van der Waals surface area contributed by atoms with Crippen LogP contribution in [-0.4, -0.2) is 34.7 Å². The van der Waals surface area contributed by atoms with Crippen molar-refractivity contribution in [2.75, 3.05) is 13.1 Å². The smallest absolute Gasteiger partial charge is 0.274 e. The number of benzene rings is 2. The molecule has 1 saturated carbocycles. The number of carbonyl (C=O) groups excluding carboxylic acids is 2. The van der Waals surface area contributed by atoms with Gasteiger partial charge in [-0.15, -0.1) is 0 Å². The third-order valence-electron chi connectivity index (χ3n) is 5.94. The van der Waals surface area contributed by atoms with E-state index in [4.69, 9.17) is 0 Å². The van der Waals surface area contributed by atoms with Gasteiger partial charge in [-0.2, -0.15) is 5.10 Å². The van der Waals surface area contributed by atoms with E-state index in [1.54, 1.807) is 24.3 Å². The molecule has 0 saturated heterocycles. The summed E-state index contributed by atoms with van der Waals surface area (Å²) in [5.74, 6) is -0.208. The molecule has 3 aromatic rings. The van der Waals surface area contributed by atoms with Crippen molar-refractivity contribution in [1.82, 2.24) is 20.4 Å². The first-order valence-electron chi connectivity index (χ1n) is 11.2. The zero-order valence-electron chi connectivity index (χ0n) is 18.0. The van der Waals surface area contributed by atoms with Gasteiger partial charge >= 0.3 is 0 Å². The van der Waals surface area contributed by atoms with Crippen LogP contribution in [0.1, 0.15) is 48.2 Å². The molecule has 0 bridgehead atoms. The van der Waals surface area contributed by atoms with Crippen LogP contribution in [0.4, 0.5) is 0 Å². The summed E-state index contributed by atoms with van der Waals surface area (Å²) in [5, 5.41) is 11.1. The summed E-state index contributed by atoms with van der Waals surface area (Å²) in [6.07, 6.45) is 5.29. The van der Waals surface area contributed by atoms with Gasteiger partial charge < -0.3 is 10.6 Å². The number of hydrogen-bond donors (Lipinski definition) is 2. The predicted octanol–water partition coefficient (Wildman–Crippen LogP) is 2.87. The largest absolute Gasteiger partial charge is 0.354 e. The van der Waals surface area contributed by atoms with Gasteiger partial charge in [-0.05, 0) is 24.5 Å². The fraction of sp³-hybridized carbons (Fsp3) is 0.360. The Kier molecular flexibility index (Phi) is 6.94. The van der Waals surface area contributed by atoms with E-state index in [-0.39, 0.29) is 35.5 Å². The first kappa shape index (κ1) is 21.7. The molecule has 0 aliphatic heterocycles. The van der Waals surface area contributed by atoms with Crippen molar-refractivity contribution in [1.29, 1.82) is 0 Å². The highest BCUT2D eigenvalue weighted by atomic mass is 16.2. The molecule has 0 unspecified atom stereocenters. The van der Waals surface area contributed by atoms with Crippen LogP contribution in [0.25, 0.3) is 10.8 Å². The Hall–Kier alpha value is -3.48. The number of nitrogens with one attached hydrogen (secondary N) is 2. The molecule has 0 atom stereocenters. The van der Waals surface area contributed by atoms with Crippen LogP contribution in [-0.2, 0) is 11.3 Å². The van der Waals surface area contributed by atoms with E-state index in [1.165, 1.54) is 11.1 Å². The van der Waals surface area contributed by atoms with E-state index in [9.17, 15) is 14.4 Å². The number of carbonyl (C=O) groups is 2. The lowest BCUT2D eigenvalue weighted by molar-refractivity contribution is -0.125. The number of hydrogen-bond acceptors (Lipinski definition) is 4. The lowest BCUT2D eigenvalue weighted by Gasteiger charge is -2.20. The van der Waals surface area contributed by atoms with E-state index < -0.39 is 0 Å². The maximum absolute atomic E-state index is 12.9. The van der Waals surface area contributed by atoms with Crippen LogP contribution in [0.3, 0.4) is 0 Å². The average molecular weight is 433 g/mol. The number of aromatic nitrogens is 2. The molecule has 4 rings (SSSR count). The van der Waals surface area contributed by atoms with Gasteiger partial charge in [0, 0.05) is 24.4 Å². The molecule has 1 heterocycles. The molecule has 0 radical (unpaired) electrons. The Bertz CT molecular complexity index is 1150. The Labute approximate surface area is 186 Å². The summed E-state index contributed by atoms with van der Waals surface area (Å²) >= 11 is 0. The average Bonchev–Trinajstić information content (AvgIpc) is 2.84. The summed E-state index contributed by atoms with van der Waals surface area (Å²) < 4.78 is 1.33. The number of amides is 2. The number of fused-ring (bicyclic) bond motifs is 1. The van der Waals surface area contributed by atoms with Crippen molar-refractivity contribution in [2.45, 2.75) is 38.6 Å². The lowest BCUT2D eigenvalue weighted by Crippen LogP contribution is -2.39. The highest BCUT2D eigenvalue weighted by molar-refractivity contribution is 6.04. The number of rotatable bonds is 7. The summed E-state index contributed by atoms with van der Waals surface area (Å²) in [7, 11) is 0. The fourth-order valence-electron chi connectivity index (χ4n) is 4.22. The normalized spacial score (nSPS) is 14.2. The molecule has 166 valence electrons. The number of nitrogens with zero attached hydrogens (tertiary/aromatic N) is 2. The third-order valence-corrected chi connectivity index (χ3v) is 5.94. The Morgan fingerprint density at radius 1 is 0.875 bits per heavy atom. The fourth-order valence-corrected chi connectivity index (χ4v) is 4.22. The van der Waals surface area contributed by atoms with Crippen molar-refractivity contribution >= 4 is 22.6 Å². The summed E-state index contributed by atoms with van der Waals surface area (Å²) in [6.45, 7) is 0.940. The minimum absolute atomic E-state index is 0.0685. The van der Waals surface area contributed by atoms with E-state index in [0.29, 0.717) is 23.9 Å². The molecule has 1 aromatic heterocycles. The van der Waals surface area contributed by atoms with Crippen LogP contribution in [0.15, 0.2) is 59.4 Å². The molecular weight excluding hydrogens is 404 g/mol. The van der Waals surface area contributed by atoms with Gasteiger partial charge in [-0.25, -0.2) is 4.68 Å². The molecule has 32 heavy (non-hydrogen) atoms.